The number of nitrogens with one attached hydrogen (secondary N) is 1. The van der Waals surface area contributed by atoms with Crippen molar-refractivity contribution >= 4 is 21.9 Å². The molecule has 7 nitrogen and oxygen atoms in total. The van der Waals surface area contributed by atoms with Crippen LogP contribution in [0.1, 0.15) is 10.4 Å². The minimum Gasteiger partial charge on any atom is -0.480 e. The minimum absolute atomic E-state index is 0.0658. The summed E-state index contributed by atoms with van der Waals surface area (Å²) in [5.74, 6) is -1.57. The summed E-state index contributed by atoms with van der Waals surface area (Å²) < 4.78 is 24.7. The van der Waals surface area contributed by atoms with Gasteiger partial charge in [-0.1, -0.05) is 0 Å². The first kappa shape index (κ1) is 15.1. The summed E-state index contributed by atoms with van der Waals surface area (Å²) in [6.07, 6.45) is 0. The van der Waals surface area contributed by atoms with Gasteiger partial charge >= 0.3 is 5.97 Å². The summed E-state index contributed by atoms with van der Waals surface area (Å²) in [7, 11) is -1.22. The number of carboxylic acids is 1. The number of amides is 1. The predicted octanol–water partition coefficient (Wildman–Crippen LogP) is -0.249. The Morgan fingerprint density at radius 2 is 1.79 bits per heavy atom. The van der Waals surface area contributed by atoms with Crippen LogP contribution < -0.4 is 5.32 Å². The summed E-state index contributed by atoms with van der Waals surface area (Å²) >= 11 is 0. The van der Waals surface area contributed by atoms with Crippen molar-refractivity contribution in [3.63, 3.8) is 0 Å². The summed E-state index contributed by atoms with van der Waals surface area (Å²) in [6, 6.07) is 5.25. The third kappa shape index (κ3) is 3.52. The van der Waals surface area contributed by atoms with Crippen LogP contribution in [-0.4, -0.2) is 50.3 Å². The highest BCUT2D eigenvalue weighted by Gasteiger charge is 2.22. The van der Waals surface area contributed by atoms with Crippen LogP contribution in [0.5, 0.6) is 0 Å². The van der Waals surface area contributed by atoms with Crippen molar-refractivity contribution in [2.45, 2.75) is 4.90 Å². The zero-order valence-corrected chi connectivity index (χ0v) is 11.3. The first-order valence-corrected chi connectivity index (χ1v) is 6.73. The van der Waals surface area contributed by atoms with Crippen molar-refractivity contribution in [1.29, 1.82) is 0 Å². The number of carboxylic acid groups (broad SMARTS) is 1. The summed E-state index contributed by atoms with van der Waals surface area (Å²) in [5, 5.41) is 11.0. The molecule has 0 saturated carbocycles. The van der Waals surface area contributed by atoms with Gasteiger partial charge in [0.2, 0.25) is 10.0 Å². The van der Waals surface area contributed by atoms with Crippen LogP contribution in [0.3, 0.4) is 0 Å². The second-order valence-corrected chi connectivity index (χ2v) is 5.80. The topological polar surface area (TPSA) is 104 Å². The van der Waals surface area contributed by atoms with Crippen molar-refractivity contribution in [1.82, 2.24) is 9.62 Å². The second kappa shape index (κ2) is 5.81. The lowest BCUT2D eigenvalue weighted by Crippen LogP contribution is -2.32. The Bertz CT molecular complexity index is 580. The third-order valence-corrected chi connectivity index (χ3v) is 4.23. The molecule has 0 aliphatic heterocycles. The lowest BCUT2D eigenvalue weighted by molar-refractivity contribution is -0.137. The van der Waals surface area contributed by atoms with E-state index in [2.05, 4.69) is 5.32 Å². The molecule has 19 heavy (non-hydrogen) atoms. The van der Waals surface area contributed by atoms with Gasteiger partial charge < -0.3 is 10.4 Å². The average Bonchev–Trinajstić information content (AvgIpc) is 2.37. The first-order valence-electron chi connectivity index (χ1n) is 5.29. The summed E-state index contributed by atoms with van der Waals surface area (Å²) in [5.41, 5.74) is 0.322. The SMILES string of the molecule is CNC(=O)c1ccc(S(=O)(=O)N(C)CC(=O)O)cc1. The quantitative estimate of drug-likeness (QED) is 0.777. The fourth-order valence-electron chi connectivity index (χ4n) is 1.38. The van der Waals surface area contributed by atoms with E-state index in [-0.39, 0.29) is 10.8 Å². The van der Waals surface area contributed by atoms with Crippen molar-refractivity contribution in [2.75, 3.05) is 20.6 Å². The molecular weight excluding hydrogens is 272 g/mol. The number of rotatable bonds is 5. The smallest absolute Gasteiger partial charge is 0.318 e. The molecule has 1 amide bonds. The second-order valence-electron chi connectivity index (χ2n) is 3.76. The Morgan fingerprint density at radius 3 is 2.21 bits per heavy atom. The third-order valence-electron chi connectivity index (χ3n) is 2.41. The van der Waals surface area contributed by atoms with E-state index >= 15 is 0 Å². The molecule has 0 saturated heterocycles. The van der Waals surface area contributed by atoms with Crippen LogP contribution in [0.25, 0.3) is 0 Å². The van der Waals surface area contributed by atoms with Crippen LogP contribution >= 0.6 is 0 Å². The number of aliphatic carboxylic acids is 1. The van der Waals surface area contributed by atoms with Crippen molar-refractivity contribution in [2.24, 2.45) is 0 Å². The molecule has 0 radical (unpaired) electrons. The Labute approximate surface area is 110 Å². The fourth-order valence-corrected chi connectivity index (χ4v) is 2.50. The number of hydrogen-bond donors (Lipinski definition) is 2. The Balaban J connectivity index is 3.03. The zero-order chi connectivity index (χ0) is 14.6. The molecule has 1 rings (SSSR count). The molecule has 0 heterocycles. The van der Waals surface area contributed by atoms with Crippen LogP contribution in [0, 0.1) is 0 Å². The lowest BCUT2D eigenvalue weighted by Gasteiger charge is -2.14. The molecule has 0 unspecified atom stereocenters. The molecule has 0 atom stereocenters. The minimum atomic E-state index is -3.86. The Kier molecular flexibility index (Phi) is 4.62. The fraction of sp³-hybridized carbons (Fsp3) is 0.273. The van der Waals surface area contributed by atoms with Crippen LogP contribution in [-0.2, 0) is 14.8 Å². The molecule has 2 N–H and O–H groups in total. The van der Waals surface area contributed by atoms with Crippen molar-refractivity contribution in [3.8, 4) is 0 Å². The van der Waals surface area contributed by atoms with E-state index < -0.39 is 22.5 Å². The van der Waals surface area contributed by atoms with Crippen molar-refractivity contribution < 1.29 is 23.1 Å². The van der Waals surface area contributed by atoms with Gasteiger partial charge in [-0.2, -0.15) is 4.31 Å². The molecule has 104 valence electrons. The highest BCUT2D eigenvalue weighted by Crippen LogP contribution is 2.15. The number of sulfonamides is 1. The molecule has 0 bridgehead atoms. The highest BCUT2D eigenvalue weighted by atomic mass is 32.2. The van der Waals surface area contributed by atoms with Gasteiger partial charge in [0.25, 0.3) is 5.91 Å². The molecule has 0 spiro atoms. The molecule has 0 aliphatic rings. The number of likely N-dealkylation sites (N-methyl/N-ethyl adjacent to an activating group) is 1. The molecule has 0 aliphatic carbocycles. The van der Waals surface area contributed by atoms with E-state index in [1.807, 2.05) is 0 Å². The van der Waals surface area contributed by atoms with E-state index in [0.29, 0.717) is 5.56 Å². The maximum Gasteiger partial charge on any atom is 0.318 e. The standard InChI is InChI=1S/C11H14N2O5S/c1-12-11(16)8-3-5-9(6-4-8)19(17,18)13(2)7-10(14)15/h3-6H,7H2,1-2H3,(H,12,16)(H,14,15). The van der Waals surface area contributed by atoms with Crippen LogP contribution in [0.2, 0.25) is 0 Å². The molecular formula is C11H14N2O5S. The van der Waals surface area contributed by atoms with Gasteiger partial charge in [-0.3, -0.25) is 9.59 Å². The van der Waals surface area contributed by atoms with E-state index in [0.717, 1.165) is 4.31 Å². The Morgan fingerprint density at radius 1 is 1.26 bits per heavy atom. The molecule has 1 aromatic carbocycles. The number of carbonyl (C=O) groups is 2. The average molecular weight is 286 g/mol. The maximum atomic E-state index is 12.0. The van der Waals surface area contributed by atoms with Gasteiger partial charge in [-0.15, -0.1) is 0 Å². The first-order chi connectivity index (χ1) is 8.78. The molecule has 0 fully saturated rings. The molecule has 1 aromatic rings. The normalized spacial score (nSPS) is 11.3. The zero-order valence-electron chi connectivity index (χ0n) is 10.5. The maximum absolute atomic E-state index is 12.0. The predicted molar refractivity (Wildman–Crippen MR) is 67.3 cm³/mol. The van der Waals surface area contributed by atoms with Gasteiger partial charge in [0.15, 0.2) is 0 Å². The summed E-state index contributed by atoms with van der Waals surface area (Å²) in [6.45, 7) is -0.625. The van der Waals surface area contributed by atoms with Gasteiger partial charge in [-0.25, -0.2) is 8.42 Å². The number of hydrogen-bond acceptors (Lipinski definition) is 4. The van der Waals surface area contributed by atoms with Crippen LogP contribution in [0.4, 0.5) is 0 Å². The Hall–Kier alpha value is -1.93. The van der Waals surface area contributed by atoms with Crippen molar-refractivity contribution in [3.05, 3.63) is 29.8 Å². The number of carbonyl (C=O) groups excluding carboxylic acids is 1. The van der Waals surface area contributed by atoms with E-state index in [1.54, 1.807) is 0 Å². The monoisotopic (exact) mass is 286 g/mol. The van der Waals surface area contributed by atoms with E-state index in [1.165, 1.54) is 38.4 Å². The summed E-state index contributed by atoms with van der Waals surface area (Å²) in [4.78, 5) is 21.8. The van der Waals surface area contributed by atoms with Gasteiger partial charge in [0.1, 0.15) is 6.54 Å². The largest absolute Gasteiger partial charge is 0.480 e. The molecule has 8 heteroatoms. The van der Waals surface area contributed by atoms with Gasteiger partial charge in [0, 0.05) is 19.7 Å². The van der Waals surface area contributed by atoms with Crippen LogP contribution in [0.15, 0.2) is 29.2 Å². The molecule has 0 aromatic heterocycles. The number of nitrogens with zero attached hydrogens (tertiary/aromatic N) is 1. The highest BCUT2D eigenvalue weighted by molar-refractivity contribution is 7.89. The van der Waals surface area contributed by atoms with E-state index in [9.17, 15) is 18.0 Å². The number of benzene rings is 1. The lowest BCUT2D eigenvalue weighted by atomic mass is 10.2. The van der Waals surface area contributed by atoms with Gasteiger partial charge in [0.05, 0.1) is 4.90 Å². The van der Waals surface area contributed by atoms with E-state index in [4.69, 9.17) is 5.11 Å². The van der Waals surface area contributed by atoms with Gasteiger partial charge in [-0.05, 0) is 24.3 Å².